The van der Waals surface area contributed by atoms with Crippen LogP contribution < -0.4 is 10.6 Å². The summed E-state index contributed by atoms with van der Waals surface area (Å²) in [6, 6.07) is 7.55. The van der Waals surface area contributed by atoms with Crippen molar-refractivity contribution in [2.24, 2.45) is 5.92 Å². The van der Waals surface area contributed by atoms with Crippen LogP contribution in [0, 0.1) is 12.8 Å². The van der Waals surface area contributed by atoms with Crippen molar-refractivity contribution in [2.45, 2.75) is 19.8 Å². The molecule has 0 aromatic heterocycles. The zero-order chi connectivity index (χ0) is 22.2. The Bertz CT molecular complexity index is 804. The number of hydrogen-bond donors (Lipinski definition) is 2. The molecule has 1 aromatic carbocycles. The first-order valence-corrected chi connectivity index (χ1v) is 11.0. The number of benzene rings is 1. The molecule has 8 heteroatoms. The third-order valence-electron chi connectivity index (χ3n) is 5.82. The van der Waals surface area contributed by atoms with Crippen LogP contribution in [-0.4, -0.2) is 84.9 Å². The Morgan fingerprint density at radius 3 is 2.61 bits per heavy atom. The smallest absolute Gasteiger partial charge is 0.321 e. The van der Waals surface area contributed by atoms with Gasteiger partial charge in [-0.15, -0.1) is 6.58 Å². The van der Waals surface area contributed by atoms with E-state index in [4.69, 9.17) is 0 Å². The SMILES string of the molecule is C=CCNC(=O)CN1CCN(C(=O)C2CCCN(C(=O)Nc3cccc(C)c3)C2)CC1. The van der Waals surface area contributed by atoms with Gasteiger partial charge in [-0.2, -0.15) is 0 Å². The van der Waals surface area contributed by atoms with Gasteiger partial charge in [-0.05, 0) is 37.5 Å². The van der Waals surface area contributed by atoms with Gasteiger partial charge in [-0.3, -0.25) is 14.5 Å². The Labute approximate surface area is 184 Å². The first kappa shape index (κ1) is 22.8. The van der Waals surface area contributed by atoms with Gasteiger partial charge < -0.3 is 20.4 Å². The van der Waals surface area contributed by atoms with Crippen molar-refractivity contribution in [3.63, 3.8) is 0 Å². The number of hydrogen-bond acceptors (Lipinski definition) is 4. The fourth-order valence-electron chi connectivity index (χ4n) is 4.12. The summed E-state index contributed by atoms with van der Waals surface area (Å²) in [5, 5.41) is 5.72. The molecule has 0 aliphatic carbocycles. The predicted octanol–water partition coefficient (Wildman–Crippen LogP) is 1.69. The summed E-state index contributed by atoms with van der Waals surface area (Å²) in [6.07, 6.45) is 3.28. The summed E-state index contributed by atoms with van der Waals surface area (Å²) < 4.78 is 0. The third kappa shape index (κ3) is 6.55. The molecule has 2 saturated heterocycles. The number of carbonyl (C=O) groups is 3. The van der Waals surface area contributed by atoms with E-state index in [2.05, 4.69) is 22.1 Å². The van der Waals surface area contributed by atoms with Gasteiger partial charge in [0.15, 0.2) is 0 Å². The van der Waals surface area contributed by atoms with E-state index in [1.54, 1.807) is 11.0 Å². The van der Waals surface area contributed by atoms with Crippen LogP contribution in [0.15, 0.2) is 36.9 Å². The minimum atomic E-state index is -0.167. The summed E-state index contributed by atoms with van der Waals surface area (Å²) >= 11 is 0. The summed E-state index contributed by atoms with van der Waals surface area (Å²) in [5.74, 6) is -0.0783. The van der Waals surface area contributed by atoms with E-state index in [0.717, 1.165) is 24.1 Å². The fraction of sp³-hybridized carbons (Fsp3) is 0.522. The van der Waals surface area contributed by atoms with Crippen molar-refractivity contribution in [2.75, 3.05) is 57.7 Å². The zero-order valence-electron chi connectivity index (χ0n) is 18.3. The van der Waals surface area contributed by atoms with Crippen molar-refractivity contribution >= 4 is 23.5 Å². The minimum absolute atomic E-state index is 0.0257. The van der Waals surface area contributed by atoms with Crippen LogP contribution in [0.2, 0.25) is 0 Å². The van der Waals surface area contributed by atoms with Gasteiger partial charge in [0, 0.05) is 51.5 Å². The summed E-state index contributed by atoms with van der Waals surface area (Å²) in [5.41, 5.74) is 1.86. The molecule has 2 aliphatic rings. The van der Waals surface area contributed by atoms with Crippen LogP contribution in [0.1, 0.15) is 18.4 Å². The zero-order valence-corrected chi connectivity index (χ0v) is 18.3. The third-order valence-corrected chi connectivity index (χ3v) is 5.82. The van der Waals surface area contributed by atoms with E-state index in [-0.39, 0.29) is 23.8 Å². The standard InChI is InChI=1S/C23H33N5O3/c1-3-9-24-21(29)17-26-11-13-27(14-12-26)22(30)19-7-5-10-28(16-19)23(31)25-20-8-4-6-18(2)15-20/h3-4,6,8,15,19H,1,5,7,9-14,16-17H2,2H3,(H,24,29)(H,25,31). The number of nitrogens with one attached hydrogen (secondary N) is 2. The Morgan fingerprint density at radius 2 is 1.90 bits per heavy atom. The van der Waals surface area contributed by atoms with Crippen LogP contribution in [0.5, 0.6) is 0 Å². The van der Waals surface area contributed by atoms with E-state index in [1.165, 1.54) is 0 Å². The molecular weight excluding hydrogens is 394 g/mol. The molecule has 1 aromatic rings. The number of nitrogens with zero attached hydrogens (tertiary/aromatic N) is 3. The van der Waals surface area contributed by atoms with E-state index in [0.29, 0.717) is 52.4 Å². The molecular formula is C23H33N5O3. The van der Waals surface area contributed by atoms with E-state index in [9.17, 15) is 14.4 Å². The number of piperidine rings is 1. The Morgan fingerprint density at radius 1 is 1.13 bits per heavy atom. The van der Waals surface area contributed by atoms with Crippen molar-refractivity contribution in [3.05, 3.63) is 42.5 Å². The normalized spacial score (nSPS) is 19.6. The van der Waals surface area contributed by atoms with E-state index >= 15 is 0 Å². The summed E-state index contributed by atoms with van der Waals surface area (Å²) in [4.78, 5) is 43.3. The summed E-state index contributed by atoms with van der Waals surface area (Å²) in [7, 11) is 0. The highest BCUT2D eigenvalue weighted by Gasteiger charge is 2.32. The number of anilines is 1. The van der Waals surface area contributed by atoms with Crippen LogP contribution in [0.3, 0.4) is 0 Å². The highest BCUT2D eigenvalue weighted by molar-refractivity contribution is 5.90. The largest absolute Gasteiger partial charge is 0.352 e. The number of likely N-dealkylation sites (tertiary alicyclic amines) is 1. The average molecular weight is 428 g/mol. The second kappa shape index (κ2) is 10.9. The lowest BCUT2D eigenvalue weighted by Crippen LogP contribution is -2.54. The monoisotopic (exact) mass is 427 g/mol. The van der Waals surface area contributed by atoms with Crippen molar-refractivity contribution in [1.29, 1.82) is 0 Å². The number of aryl methyl sites for hydroxylation is 1. The number of piperazine rings is 1. The Kier molecular flexibility index (Phi) is 8.06. The van der Waals surface area contributed by atoms with Gasteiger partial charge in [0.2, 0.25) is 11.8 Å². The molecule has 1 atom stereocenters. The Hall–Kier alpha value is -2.87. The molecule has 2 N–H and O–H groups in total. The highest BCUT2D eigenvalue weighted by Crippen LogP contribution is 2.21. The number of urea groups is 1. The molecule has 168 valence electrons. The predicted molar refractivity (Wildman–Crippen MR) is 121 cm³/mol. The number of amides is 4. The maximum absolute atomic E-state index is 13.1. The fourth-order valence-corrected chi connectivity index (χ4v) is 4.12. The van der Waals surface area contributed by atoms with Crippen LogP contribution in [0.25, 0.3) is 0 Å². The molecule has 3 rings (SSSR count). The van der Waals surface area contributed by atoms with Gasteiger partial charge >= 0.3 is 6.03 Å². The highest BCUT2D eigenvalue weighted by atomic mass is 16.2. The van der Waals surface area contributed by atoms with Crippen molar-refractivity contribution in [1.82, 2.24) is 20.0 Å². The van der Waals surface area contributed by atoms with Crippen LogP contribution in [0.4, 0.5) is 10.5 Å². The van der Waals surface area contributed by atoms with Gasteiger partial charge in [0.1, 0.15) is 0 Å². The molecule has 8 nitrogen and oxygen atoms in total. The number of carbonyl (C=O) groups excluding carboxylic acids is 3. The van der Waals surface area contributed by atoms with Gasteiger partial charge in [-0.25, -0.2) is 4.79 Å². The van der Waals surface area contributed by atoms with E-state index < -0.39 is 0 Å². The lowest BCUT2D eigenvalue weighted by atomic mass is 9.96. The second-order valence-corrected chi connectivity index (χ2v) is 8.28. The summed E-state index contributed by atoms with van der Waals surface area (Å²) in [6.45, 7) is 10.1. The van der Waals surface area contributed by atoms with Crippen LogP contribution in [-0.2, 0) is 9.59 Å². The lowest BCUT2D eigenvalue weighted by molar-refractivity contribution is -0.138. The second-order valence-electron chi connectivity index (χ2n) is 8.28. The maximum atomic E-state index is 13.1. The number of rotatable bonds is 6. The molecule has 2 fully saturated rings. The maximum Gasteiger partial charge on any atom is 0.321 e. The van der Waals surface area contributed by atoms with E-state index in [1.807, 2.05) is 36.1 Å². The van der Waals surface area contributed by atoms with Crippen molar-refractivity contribution in [3.8, 4) is 0 Å². The first-order chi connectivity index (χ1) is 15.0. The molecule has 0 bridgehead atoms. The van der Waals surface area contributed by atoms with Crippen molar-refractivity contribution < 1.29 is 14.4 Å². The quantitative estimate of drug-likeness (QED) is 0.677. The van der Waals surface area contributed by atoms with Gasteiger partial charge in [0.05, 0.1) is 12.5 Å². The molecule has 31 heavy (non-hydrogen) atoms. The molecule has 2 heterocycles. The molecule has 0 radical (unpaired) electrons. The lowest BCUT2D eigenvalue weighted by Gasteiger charge is -2.38. The molecule has 0 saturated carbocycles. The first-order valence-electron chi connectivity index (χ1n) is 11.0. The average Bonchev–Trinajstić information content (AvgIpc) is 2.78. The molecule has 1 unspecified atom stereocenters. The Balaban J connectivity index is 1.47. The van der Waals surface area contributed by atoms with Gasteiger partial charge in [-0.1, -0.05) is 18.2 Å². The molecule has 4 amide bonds. The molecule has 0 spiro atoms. The topological polar surface area (TPSA) is 85.0 Å². The van der Waals surface area contributed by atoms with Crippen LogP contribution >= 0.6 is 0 Å². The van der Waals surface area contributed by atoms with Gasteiger partial charge in [0.25, 0.3) is 0 Å². The minimum Gasteiger partial charge on any atom is -0.352 e. The molecule has 2 aliphatic heterocycles.